The molecule has 0 unspecified atom stereocenters. The fraction of sp³-hybridized carbons (Fsp3) is 0. The van der Waals surface area contributed by atoms with Gasteiger partial charge in [0.15, 0.2) is 5.88 Å². The Labute approximate surface area is 202 Å². The summed E-state index contributed by atoms with van der Waals surface area (Å²) in [5.41, 5.74) is 3.19. The number of benzene rings is 3. The zero-order valence-electron chi connectivity index (χ0n) is 17.9. The fourth-order valence-electron chi connectivity index (χ4n) is 3.73. The van der Waals surface area contributed by atoms with Crippen LogP contribution in [0.5, 0.6) is 5.88 Å². The van der Waals surface area contributed by atoms with Gasteiger partial charge in [-0.2, -0.15) is 0 Å². The van der Waals surface area contributed by atoms with Crippen molar-refractivity contribution in [1.82, 2.24) is 10.3 Å². The van der Waals surface area contributed by atoms with E-state index in [-0.39, 0.29) is 11.6 Å². The molecule has 1 saturated heterocycles. The third-order valence-electron chi connectivity index (χ3n) is 5.33. The molecule has 10 heteroatoms. The van der Waals surface area contributed by atoms with E-state index in [9.17, 15) is 24.8 Å². The number of aromatic amines is 1. The van der Waals surface area contributed by atoms with Crippen LogP contribution in [-0.4, -0.2) is 31.9 Å². The molecular weight excluding hydrogens is 468 g/mol. The second-order valence-corrected chi connectivity index (χ2v) is 8.62. The number of nitrogens with one attached hydrogen (secondary N) is 2. The first-order valence-electron chi connectivity index (χ1n) is 10.4. The van der Waals surface area contributed by atoms with Crippen LogP contribution in [0.2, 0.25) is 0 Å². The van der Waals surface area contributed by atoms with Crippen LogP contribution in [0.15, 0.2) is 82.7 Å². The number of hydrogen-bond donors (Lipinski definition) is 3. The van der Waals surface area contributed by atoms with E-state index in [0.717, 1.165) is 11.8 Å². The number of rotatable bonds is 5. The first kappa shape index (κ1) is 22.1. The normalized spacial score (nSPS) is 15.1. The molecular formula is C25H16N4O5S. The van der Waals surface area contributed by atoms with Crippen molar-refractivity contribution in [3.05, 3.63) is 105 Å². The zero-order chi connectivity index (χ0) is 24.5. The number of nitro benzene ring substituents is 1. The number of H-pyrrole nitrogens is 1. The van der Waals surface area contributed by atoms with Gasteiger partial charge in [0.2, 0.25) is 0 Å². The van der Waals surface area contributed by atoms with Crippen molar-refractivity contribution in [3.8, 4) is 5.88 Å². The molecule has 0 spiro atoms. The highest BCUT2D eigenvalue weighted by molar-refractivity contribution is 8.18. The van der Waals surface area contributed by atoms with Crippen molar-refractivity contribution in [3.63, 3.8) is 0 Å². The quantitative estimate of drug-likeness (QED) is 0.153. The molecule has 0 radical (unpaired) electrons. The standard InChI is InChI=1S/C25H16N4O5S/c30-23-20(35-25(32)28-23)12-14-6-8-16(9-7-14)26-22(15-4-2-1-3-5-15)21-18-13-17(29(33)34)10-11-19(18)27-24(21)31/h1-13,27,31H,(H,28,30,32)/b20-12+,26-22?. The molecule has 0 bridgehead atoms. The largest absolute Gasteiger partial charge is 0.494 e. The topological polar surface area (TPSA) is 138 Å². The van der Waals surface area contributed by atoms with Crippen molar-refractivity contribution >= 4 is 57.0 Å². The average Bonchev–Trinajstić information content (AvgIpc) is 3.35. The van der Waals surface area contributed by atoms with Gasteiger partial charge in [-0.25, -0.2) is 4.99 Å². The Kier molecular flexibility index (Phi) is 5.63. The lowest BCUT2D eigenvalue weighted by molar-refractivity contribution is -0.384. The SMILES string of the molecule is O=C1NC(=O)/C(=C\c2ccc(N=C(c3ccccc3)c3c(O)[nH]c4ccc([N+](=O)[O-])cc34)cc2)S1. The number of fused-ring (bicyclic) bond motifs is 1. The van der Waals surface area contributed by atoms with E-state index in [1.165, 1.54) is 12.1 Å². The molecule has 172 valence electrons. The third kappa shape index (κ3) is 4.42. The first-order chi connectivity index (χ1) is 16.9. The van der Waals surface area contributed by atoms with Gasteiger partial charge in [-0.15, -0.1) is 0 Å². The number of imide groups is 1. The molecule has 1 aromatic heterocycles. The fourth-order valence-corrected chi connectivity index (χ4v) is 4.41. The lowest BCUT2D eigenvalue weighted by Crippen LogP contribution is -2.17. The van der Waals surface area contributed by atoms with Crippen molar-refractivity contribution in [2.45, 2.75) is 0 Å². The highest BCUT2D eigenvalue weighted by atomic mass is 32.2. The van der Waals surface area contributed by atoms with E-state index in [2.05, 4.69) is 10.3 Å². The molecule has 0 saturated carbocycles. The molecule has 35 heavy (non-hydrogen) atoms. The lowest BCUT2D eigenvalue weighted by Gasteiger charge is -2.08. The highest BCUT2D eigenvalue weighted by Crippen LogP contribution is 2.34. The number of aromatic hydroxyl groups is 1. The number of amides is 2. The summed E-state index contributed by atoms with van der Waals surface area (Å²) in [6.07, 6.45) is 1.61. The summed E-state index contributed by atoms with van der Waals surface area (Å²) >= 11 is 0.839. The molecule has 2 heterocycles. The first-order valence-corrected chi connectivity index (χ1v) is 11.2. The van der Waals surface area contributed by atoms with Crippen LogP contribution in [-0.2, 0) is 4.79 Å². The number of nitrogens with zero attached hydrogens (tertiary/aromatic N) is 2. The van der Waals surface area contributed by atoms with Gasteiger partial charge in [0.05, 0.1) is 26.8 Å². The smallest absolute Gasteiger partial charge is 0.290 e. The van der Waals surface area contributed by atoms with Crippen molar-refractivity contribution in [2.75, 3.05) is 0 Å². The van der Waals surface area contributed by atoms with Gasteiger partial charge in [-0.3, -0.25) is 25.0 Å². The maximum Gasteiger partial charge on any atom is 0.290 e. The number of non-ortho nitro benzene ring substituents is 1. The van der Waals surface area contributed by atoms with E-state index in [4.69, 9.17) is 4.99 Å². The molecule has 3 N–H and O–H groups in total. The van der Waals surface area contributed by atoms with Crippen LogP contribution >= 0.6 is 11.8 Å². The Morgan fingerprint density at radius 2 is 1.77 bits per heavy atom. The number of carbonyl (C=O) groups excluding carboxylic acids is 2. The number of nitro groups is 1. The molecule has 1 aliphatic rings. The van der Waals surface area contributed by atoms with Gasteiger partial charge < -0.3 is 10.1 Å². The van der Waals surface area contributed by atoms with E-state index >= 15 is 0 Å². The lowest BCUT2D eigenvalue weighted by atomic mass is 10.0. The Balaban J connectivity index is 1.61. The monoisotopic (exact) mass is 484 g/mol. The highest BCUT2D eigenvalue weighted by Gasteiger charge is 2.25. The Bertz CT molecular complexity index is 1560. The van der Waals surface area contributed by atoms with E-state index < -0.39 is 16.1 Å². The summed E-state index contributed by atoms with van der Waals surface area (Å²) in [6, 6.07) is 20.5. The summed E-state index contributed by atoms with van der Waals surface area (Å²) in [6.45, 7) is 0. The molecule has 0 atom stereocenters. The summed E-state index contributed by atoms with van der Waals surface area (Å²) in [4.78, 5) is 41.9. The predicted molar refractivity (Wildman–Crippen MR) is 134 cm³/mol. The second kappa shape index (κ2) is 8.92. The van der Waals surface area contributed by atoms with E-state index in [0.29, 0.717) is 43.9 Å². The van der Waals surface area contributed by atoms with Crippen molar-refractivity contribution in [2.24, 2.45) is 4.99 Å². The minimum atomic E-state index is -0.490. The number of aromatic nitrogens is 1. The molecule has 5 rings (SSSR count). The third-order valence-corrected chi connectivity index (χ3v) is 6.14. The van der Waals surface area contributed by atoms with E-state index in [1.54, 1.807) is 36.4 Å². The Morgan fingerprint density at radius 1 is 1.03 bits per heavy atom. The van der Waals surface area contributed by atoms with Gasteiger partial charge in [0, 0.05) is 28.6 Å². The average molecular weight is 484 g/mol. The van der Waals surface area contributed by atoms with Crippen LogP contribution in [0.4, 0.5) is 16.2 Å². The maximum atomic E-state index is 11.8. The number of hydrogen-bond acceptors (Lipinski definition) is 7. The van der Waals surface area contributed by atoms with Crippen molar-refractivity contribution < 1.29 is 19.6 Å². The van der Waals surface area contributed by atoms with Crippen molar-refractivity contribution in [1.29, 1.82) is 0 Å². The van der Waals surface area contributed by atoms with Crippen LogP contribution < -0.4 is 5.32 Å². The maximum absolute atomic E-state index is 11.8. The van der Waals surface area contributed by atoms with Crippen LogP contribution in [0.1, 0.15) is 16.7 Å². The minimum Gasteiger partial charge on any atom is -0.494 e. The molecule has 4 aromatic rings. The van der Waals surface area contributed by atoms with Crippen LogP contribution in [0, 0.1) is 10.1 Å². The molecule has 3 aromatic carbocycles. The molecule has 1 aliphatic heterocycles. The second-order valence-electron chi connectivity index (χ2n) is 7.61. The van der Waals surface area contributed by atoms with E-state index in [1.807, 2.05) is 30.3 Å². The summed E-state index contributed by atoms with van der Waals surface area (Å²) in [5, 5.41) is 24.4. The zero-order valence-corrected chi connectivity index (χ0v) is 18.7. The van der Waals surface area contributed by atoms with Gasteiger partial charge in [0.1, 0.15) is 0 Å². The Hall–Kier alpha value is -4.70. The summed E-state index contributed by atoms with van der Waals surface area (Å²) < 4.78 is 0. The summed E-state index contributed by atoms with van der Waals surface area (Å²) in [7, 11) is 0. The van der Waals surface area contributed by atoms with Gasteiger partial charge in [-0.05, 0) is 41.6 Å². The molecule has 2 amide bonds. The number of aliphatic imine (C=N–C) groups is 1. The molecule has 1 fully saturated rings. The molecule has 9 nitrogen and oxygen atoms in total. The predicted octanol–water partition coefficient (Wildman–Crippen LogP) is 5.27. The number of carbonyl (C=O) groups is 2. The van der Waals surface area contributed by atoms with Crippen LogP contribution in [0.3, 0.4) is 0 Å². The molecule has 0 aliphatic carbocycles. The number of thioether (sulfide) groups is 1. The van der Waals surface area contributed by atoms with Gasteiger partial charge in [0.25, 0.3) is 16.8 Å². The van der Waals surface area contributed by atoms with Crippen LogP contribution in [0.25, 0.3) is 17.0 Å². The Morgan fingerprint density at radius 3 is 2.43 bits per heavy atom. The summed E-state index contributed by atoms with van der Waals surface area (Å²) in [5.74, 6) is -0.587. The van der Waals surface area contributed by atoms with Gasteiger partial charge >= 0.3 is 0 Å². The van der Waals surface area contributed by atoms with Gasteiger partial charge in [-0.1, -0.05) is 42.5 Å². The minimum absolute atomic E-state index is 0.102.